The van der Waals surface area contributed by atoms with Gasteiger partial charge in [0.1, 0.15) is 0 Å². The molecule has 128 valence electrons. The molecular formula is C19H16O6. The number of fused-ring (bicyclic) bond motifs is 1. The van der Waals surface area contributed by atoms with Crippen LogP contribution in [0.4, 0.5) is 0 Å². The number of hydrogen-bond donors (Lipinski definition) is 2. The van der Waals surface area contributed by atoms with E-state index in [4.69, 9.17) is 14.2 Å². The Morgan fingerprint density at radius 3 is 2.68 bits per heavy atom. The Bertz CT molecular complexity index is 870. The molecule has 0 aliphatic carbocycles. The van der Waals surface area contributed by atoms with Gasteiger partial charge < -0.3 is 24.4 Å². The standard InChI is InChI=1S/C19H16O6/c20-15-3-1-12(7-16(15)21)6-14-13(9-23-19(14)22)5-11-2-4-17-18(8-11)25-10-24-17/h1-4,6-8,13,20-21H,5,9-10H2/b14-6+/t13-/m0/s1. The summed E-state index contributed by atoms with van der Waals surface area (Å²) in [6.07, 6.45) is 2.31. The van der Waals surface area contributed by atoms with Crippen LogP contribution in [0.25, 0.3) is 6.08 Å². The zero-order valence-electron chi connectivity index (χ0n) is 13.3. The molecular weight excluding hydrogens is 324 g/mol. The predicted molar refractivity (Wildman–Crippen MR) is 88.5 cm³/mol. The molecule has 2 aromatic carbocycles. The van der Waals surface area contributed by atoms with Gasteiger partial charge in [-0.3, -0.25) is 0 Å². The summed E-state index contributed by atoms with van der Waals surface area (Å²) >= 11 is 0. The Morgan fingerprint density at radius 1 is 1.00 bits per heavy atom. The van der Waals surface area contributed by atoms with Gasteiger partial charge in [-0.2, -0.15) is 0 Å². The van der Waals surface area contributed by atoms with E-state index >= 15 is 0 Å². The summed E-state index contributed by atoms with van der Waals surface area (Å²) in [6, 6.07) is 10.1. The van der Waals surface area contributed by atoms with Crippen molar-refractivity contribution in [3.05, 3.63) is 53.1 Å². The third-order valence-corrected chi connectivity index (χ3v) is 4.33. The molecule has 2 aliphatic heterocycles. The molecule has 0 amide bonds. The number of esters is 1. The fraction of sp³-hybridized carbons (Fsp3) is 0.211. The topological polar surface area (TPSA) is 85.2 Å². The van der Waals surface area contributed by atoms with Crippen LogP contribution in [0.15, 0.2) is 42.0 Å². The van der Waals surface area contributed by atoms with Gasteiger partial charge in [-0.25, -0.2) is 4.79 Å². The molecule has 0 unspecified atom stereocenters. The van der Waals surface area contributed by atoms with Crippen LogP contribution >= 0.6 is 0 Å². The molecule has 6 heteroatoms. The van der Waals surface area contributed by atoms with E-state index in [-0.39, 0.29) is 30.2 Å². The number of aromatic hydroxyl groups is 2. The van der Waals surface area contributed by atoms with E-state index in [1.807, 2.05) is 18.2 Å². The van der Waals surface area contributed by atoms with Gasteiger partial charge in [0.15, 0.2) is 23.0 Å². The average Bonchev–Trinajstić information content (AvgIpc) is 3.19. The van der Waals surface area contributed by atoms with Gasteiger partial charge in [0.2, 0.25) is 6.79 Å². The van der Waals surface area contributed by atoms with E-state index in [0.29, 0.717) is 29.9 Å². The molecule has 2 aromatic rings. The number of phenolic OH excluding ortho intramolecular Hbond substituents is 2. The predicted octanol–water partition coefficient (Wildman–Crippen LogP) is 2.63. The molecule has 0 aromatic heterocycles. The number of carbonyl (C=O) groups is 1. The Balaban J connectivity index is 1.59. The minimum Gasteiger partial charge on any atom is -0.504 e. The minimum absolute atomic E-state index is 0.0937. The van der Waals surface area contributed by atoms with Crippen molar-refractivity contribution in [2.45, 2.75) is 6.42 Å². The molecule has 6 nitrogen and oxygen atoms in total. The maximum absolute atomic E-state index is 12.1. The van der Waals surface area contributed by atoms with E-state index in [1.54, 1.807) is 12.1 Å². The summed E-state index contributed by atoms with van der Waals surface area (Å²) in [5.74, 6) is 0.540. The molecule has 0 spiro atoms. The SMILES string of the molecule is O=C1OC[C@H](Cc2ccc3c(c2)OCO3)/C1=C\c1ccc(O)c(O)c1. The number of carbonyl (C=O) groups excluding carboxylic acids is 1. The number of hydrogen-bond acceptors (Lipinski definition) is 6. The molecule has 25 heavy (non-hydrogen) atoms. The largest absolute Gasteiger partial charge is 0.504 e. The van der Waals surface area contributed by atoms with Gasteiger partial charge in [-0.05, 0) is 47.9 Å². The highest BCUT2D eigenvalue weighted by atomic mass is 16.7. The van der Waals surface area contributed by atoms with E-state index in [0.717, 1.165) is 11.3 Å². The lowest BCUT2D eigenvalue weighted by atomic mass is 9.92. The number of benzene rings is 2. The second-order valence-corrected chi connectivity index (χ2v) is 6.03. The normalized spacial score (nSPS) is 20.1. The second-order valence-electron chi connectivity index (χ2n) is 6.03. The van der Waals surface area contributed by atoms with Crippen LogP contribution in [-0.2, 0) is 16.0 Å². The lowest BCUT2D eigenvalue weighted by molar-refractivity contribution is -0.135. The molecule has 2 aliphatic rings. The fourth-order valence-electron chi connectivity index (χ4n) is 3.02. The summed E-state index contributed by atoms with van der Waals surface area (Å²) in [6.45, 7) is 0.530. The quantitative estimate of drug-likeness (QED) is 0.508. The zero-order valence-corrected chi connectivity index (χ0v) is 13.3. The summed E-state index contributed by atoms with van der Waals surface area (Å²) in [7, 11) is 0. The second kappa shape index (κ2) is 6.05. The Hall–Kier alpha value is -3.15. The van der Waals surface area contributed by atoms with E-state index < -0.39 is 0 Å². The van der Waals surface area contributed by atoms with Crippen LogP contribution in [0.3, 0.4) is 0 Å². The van der Waals surface area contributed by atoms with Crippen LogP contribution in [0.1, 0.15) is 11.1 Å². The highest BCUT2D eigenvalue weighted by molar-refractivity contribution is 5.96. The van der Waals surface area contributed by atoms with Crippen LogP contribution in [-0.4, -0.2) is 29.6 Å². The molecule has 0 radical (unpaired) electrons. The molecule has 1 fully saturated rings. The zero-order chi connectivity index (χ0) is 17.4. The Morgan fingerprint density at radius 2 is 1.84 bits per heavy atom. The summed E-state index contributed by atoms with van der Waals surface area (Å²) in [5, 5.41) is 19.0. The summed E-state index contributed by atoms with van der Waals surface area (Å²) in [4.78, 5) is 12.1. The third-order valence-electron chi connectivity index (χ3n) is 4.33. The van der Waals surface area contributed by atoms with Gasteiger partial charge in [0.25, 0.3) is 0 Å². The Labute approximate surface area is 143 Å². The third kappa shape index (κ3) is 2.98. The average molecular weight is 340 g/mol. The van der Waals surface area contributed by atoms with Gasteiger partial charge in [-0.15, -0.1) is 0 Å². The van der Waals surface area contributed by atoms with Crippen molar-refractivity contribution in [3.8, 4) is 23.0 Å². The lowest BCUT2D eigenvalue weighted by Crippen LogP contribution is -2.07. The van der Waals surface area contributed by atoms with Gasteiger partial charge in [-0.1, -0.05) is 12.1 Å². The van der Waals surface area contributed by atoms with Crippen molar-refractivity contribution in [1.29, 1.82) is 0 Å². The van der Waals surface area contributed by atoms with Gasteiger partial charge in [0.05, 0.1) is 6.61 Å². The highest BCUT2D eigenvalue weighted by Gasteiger charge is 2.31. The number of cyclic esters (lactones) is 1. The first kappa shape index (κ1) is 15.4. The van der Waals surface area contributed by atoms with Gasteiger partial charge >= 0.3 is 5.97 Å². The molecule has 4 rings (SSSR count). The lowest BCUT2D eigenvalue weighted by Gasteiger charge is -2.09. The van der Waals surface area contributed by atoms with Crippen LogP contribution in [0.5, 0.6) is 23.0 Å². The molecule has 0 bridgehead atoms. The van der Waals surface area contributed by atoms with Crippen LogP contribution in [0, 0.1) is 5.92 Å². The first-order valence-corrected chi connectivity index (χ1v) is 7.89. The van der Waals surface area contributed by atoms with Gasteiger partial charge in [0, 0.05) is 11.5 Å². The molecule has 0 saturated carbocycles. The molecule has 2 heterocycles. The molecule has 1 saturated heterocycles. The first-order chi connectivity index (χ1) is 12.1. The fourth-order valence-corrected chi connectivity index (χ4v) is 3.02. The molecule has 2 N–H and O–H groups in total. The van der Waals surface area contributed by atoms with Crippen LogP contribution < -0.4 is 9.47 Å². The smallest absolute Gasteiger partial charge is 0.334 e. The monoisotopic (exact) mass is 340 g/mol. The first-order valence-electron chi connectivity index (χ1n) is 7.89. The van der Waals surface area contributed by atoms with E-state index in [9.17, 15) is 15.0 Å². The van der Waals surface area contributed by atoms with Crippen molar-refractivity contribution in [3.63, 3.8) is 0 Å². The summed E-state index contributed by atoms with van der Waals surface area (Å²) in [5.41, 5.74) is 2.19. The van der Waals surface area contributed by atoms with Crippen molar-refractivity contribution in [1.82, 2.24) is 0 Å². The molecule has 1 atom stereocenters. The van der Waals surface area contributed by atoms with E-state index in [2.05, 4.69) is 0 Å². The number of rotatable bonds is 3. The number of phenols is 2. The number of ether oxygens (including phenoxy) is 3. The van der Waals surface area contributed by atoms with Crippen molar-refractivity contribution >= 4 is 12.0 Å². The van der Waals surface area contributed by atoms with E-state index in [1.165, 1.54) is 12.1 Å². The minimum atomic E-state index is -0.363. The maximum atomic E-state index is 12.1. The highest BCUT2D eigenvalue weighted by Crippen LogP contribution is 2.35. The van der Waals surface area contributed by atoms with Crippen LogP contribution in [0.2, 0.25) is 0 Å². The van der Waals surface area contributed by atoms with Crippen molar-refractivity contribution in [2.24, 2.45) is 5.92 Å². The Kier molecular flexibility index (Phi) is 3.72. The summed E-state index contributed by atoms with van der Waals surface area (Å²) < 4.78 is 15.9. The maximum Gasteiger partial charge on any atom is 0.334 e. The van der Waals surface area contributed by atoms with Crippen molar-refractivity contribution < 1.29 is 29.2 Å². The van der Waals surface area contributed by atoms with Crippen molar-refractivity contribution in [2.75, 3.05) is 13.4 Å².